The van der Waals surface area contributed by atoms with Crippen LogP contribution in [0.3, 0.4) is 0 Å². The molecule has 0 amide bonds. The summed E-state index contributed by atoms with van der Waals surface area (Å²) in [5, 5.41) is 3.54. The zero-order chi connectivity index (χ0) is 19.8. The Bertz CT molecular complexity index is 1250. The molecule has 5 rings (SSSR count). The Labute approximate surface area is 197 Å². The molecular weight excluding hydrogens is 455 g/mol. The number of piperazine rings is 1. The molecule has 0 atom stereocenters. The van der Waals surface area contributed by atoms with Crippen molar-refractivity contribution in [1.29, 1.82) is 0 Å². The third kappa shape index (κ3) is 4.80. The summed E-state index contributed by atoms with van der Waals surface area (Å²) < 4.78 is 0. The Kier molecular flexibility index (Phi) is 7.44. The third-order valence-electron chi connectivity index (χ3n) is 5.60. The monoisotopic (exact) mass is 476 g/mol. The van der Waals surface area contributed by atoms with Crippen molar-refractivity contribution < 1.29 is 0 Å². The molecule has 4 aromatic rings. The van der Waals surface area contributed by atoms with Crippen molar-refractivity contribution in [1.82, 2.24) is 14.9 Å². The second kappa shape index (κ2) is 9.88. The molecule has 0 unspecified atom stereocenters. The van der Waals surface area contributed by atoms with E-state index in [-0.39, 0.29) is 30.4 Å². The molecule has 8 heteroatoms. The van der Waals surface area contributed by atoms with Crippen LogP contribution in [-0.2, 0) is 6.54 Å². The Hall–Kier alpha value is -2.31. The highest BCUT2D eigenvalue weighted by molar-refractivity contribution is 6.30. The number of hydrogen-bond donors (Lipinski definition) is 1. The summed E-state index contributed by atoms with van der Waals surface area (Å²) in [6, 6.07) is 17.9. The SMILES string of the molecule is Cl.Cl.O=c1[nH]c2cc(CN3CCN(c4cc(Cl)ccn4)CC3)ccc2c2ccccc12. The number of halogens is 3. The van der Waals surface area contributed by atoms with Gasteiger partial charge in [0.05, 0.1) is 0 Å². The van der Waals surface area contributed by atoms with Gasteiger partial charge < -0.3 is 9.88 Å². The summed E-state index contributed by atoms with van der Waals surface area (Å²) in [6.45, 7) is 4.62. The van der Waals surface area contributed by atoms with Crippen LogP contribution >= 0.6 is 36.4 Å². The first-order valence-corrected chi connectivity index (χ1v) is 10.2. The molecule has 1 aliphatic rings. The topological polar surface area (TPSA) is 52.2 Å². The average molecular weight is 478 g/mol. The van der Waals surface area contributed by atoms with E-state index in [0.717, 1.165) is 65.2 Å². The van der Waals surface area contributed by atoms with Crippen LogP contribution in [0.15, 0.2) is 65.6 Å². The lowest BCUT2D eigenvalue weighted by Gasteiger charge is -2.35. The van der Waals surface area contributed by atoms with Crippen molar-refractivity contribution in [2.45, 2.75) is 6.54 Å². The van der Waals surface area contributed by atoms with Crippen LogP contribution in [0.1, 0.15) is 5.56 Å². The Morgan fingerprint density at radius 3 is 2.39 bits per heavy atom. The summed E-state index contributed by atoms with van der Waals surface area (Å²) >= 11 is 6.09. The van der Waals surface area contributed by atoms with Crippen LogP contribution in [0, 0.1) is 0 Å². The first kappa shape index (κ1) is 23.4. The fourth-order valence-electron chi connectivity index (χ4n) is 4.09. The maximum atomic E-state index is 12.4. The average Bonchev–Trinajstić information content (AvgIpc) is 2.74. The van der Waals surface area contributed by atoms with Gasteiger partial charge in [0.25, 0.3) is 5.56 Å². The minimum atomic E-state index is -0.0344. The van der Waals surface area contributed by atoms with Gasteiger partial charge in [0.2, 0.25) is 0 Å². The first-order valence-electron chi connectivity index (χ1n) is 9.80. The molecule has 2 aromatic heterocycles. The molecule has 0 bridgehead atoms. The van der Waals surface area contributed by atoms with E-state index in [1.54, 1.807) is 12.3 Å². The van der Waals surface area contributed by atoms with Gasteiger partial charge in [0, 0.05) is 60.2 Å². The number of fused-ring (bicyclic) bond motifs is 3. The van der Waals surface area contributed by atoms with Gasteiger partial charge in [-0.05, 0) is 35.2 Å². The molecule has 31 heavy (non-hydrogen) atoms. The number of aromatic amines is 1. The molecule has 2 aromatic carbocycles. The van der Waals surface area contributed by atoms with Gasteiger partial charge in [-0.15, -0.1) is 24.8 Å². The second-order valence-electron chi connectivity index (χ2n) is 7.48. The minimum absolute atomic E-state index is 0. The summed E-state index contributed by atoms with van der Waals surface area (Å²) in [7, 11) is 0. The van der Waals surface area contributed by atoms with E-state index >= 15 is 0 Å². The standard InChI is InChI=1S/C23H21ClN4O.2ClH/c24-17-7-8-25-22(14-17)28-11-9-27(10-12-28)15-16-5-6-19-18-3-1-2-4-20(18)23(29)26-21(19)13-16;;/h1-8,13-14H,9-12,15H2,(H,26,29);2*1H. The van der Waals surface area contributed by atoms with E-state index in [4.69, 9.17) is 11.6 Å². The molecule has 1 saturated heterocycles. The zero-order valence-electron chi connectivity index (χ0n) is 16.8. The number of nitrogens with one attached hydrogen (secondary N) is 1. The maximum absolute atomic E-state index is 12.4. The highest BCUT2D eigenvalue weighted by Gasteiger charge is 2.18. The summed E-state index contributed by atoms with van der Waals surface area (Å²) in [6.07, 6.45) is 1.75. The maximum Gasteiger partial charge on any atom is 0.256 e. The number of H-pyrrole nitrogens is 1. The number of rotatable bonds is 3. The van der Waals surface area contributed by atoms with Crippen molar-refractivity contribution in [2.24, 2.45) is 0 Å². The molecular formula is C23H23Cl3N4O. The molecule has 0 radical (unpaired) electrons. The third-order valence-corrected chi connectivity index (χ3v) is 5.84. The van der Waals surface area contributed by atoms with Gasteiger partial charge in [0.15, 0.2) is 0 Å². The van der Waals surface area contributed by atoms with Crippen LogP contribution in [0.2, 0.25) is 5.02 Å². The number of benzene rings is 2. The summed E-state index contributed by atoms with van der Waals surface area (Å²) in [4.78, 5) is 24.6. The lowest BCUT2D eigenvalue weighted by molar-refractivity contribution is 0.249. The largest absolute Gasteiger partial charge is 0.354 e. The van der Waals surface area contributed by atoms with Crippen LogP contribution in [0.5, 0.6) is 0 Å². The van der Waals surface area contributed by atoms with Crippen molar-refractivity contribution in [3.05, 3.63) is 81.7 Å². The van der Waals surface area contributed by atoms with Gasteiger partial charge in [-0.25, -0.2) is 4.98 Å². The van der Waals surface area contributed by atoms with E-state index in [1.165, 1.54) is 5.56 Å². The Morgan fingerprint density at radius 1 is 0.903 bits per heavy atom. The van der Waals surface area contributed by atoms with E-state index in [0.29, 0.717) is 0 Å². The number of hydrogen-bond acceptors (Lipinski definition) is 4. The van der Waals surface area contributed by atoms with E-state index < -0.39 is 0 Å². The summed E-state index contributed by atoms with van der Waals surface area (Å²) in [5.41, 5.74) is 2.07. The molecule has 1 aliphatic heterocycles. The predicted octanol–water partition coefficient (Wildman–Crippen LogP) is 4.90. The molecule has 0 aliphatic carbocycles. The van der Waals surface area contributed by atoms with Gasteiger partial charge in [-0.1, -0.05) is 41.9 Å². The number of aromatic nitrogens is 2. The normalized spacial score (nSPS) is 14.3. The predicted molar refractivity (Wildman–Crippen MR) is 133 cm³/mol. The second-order valence-corrected chi connectivity index (χ2v) is 7.91. The Balaban J connectivity index is 0.00000136. The molecule has 0 saturated carbocycles. The molecule has 162 valence electrons. The molecule has 1 N–H and O–H groups in total. The van der Waals surface area contributed by atoms with E-state index in [9.17, 15) is 4.79 Å². The van der Waals surface area contributed by atoms with Crippen molar-refractivity contribution >= 4 is 63.9 Å². The fourth-order valence-corrected chi connectivity index (χ4v) is 4.25. The van der Waals surface area contributed by atoms with Crippen LogP contribution in [0.4, 0.5) is 5.82 Å². The minimum Gasteiger partial charge on any atom is -0.354 e. The first-order chi connectivity index (χ1) is 14.2. The summed E-state index contributed by atoms with van der Waals surface area (Å²) in [5.74, 6) is 0.937. The molecule has 5 nitrogen and oxygen atoms in total. The molecule has 3 heterocycles. The lowest BCUT2D eigenvalue weighted by Crippen LogP contribution is -2.46. The highest BCUT2D eigenvalue weighted by atomic mass is 35.5. The van der Waals surface area contributed by atoms with Gasteiger partial charge >= 0.3 is 0 Å². The van der Waals surface area contributed by atoms with Gasteiger partial charge in [-0.3, -0.25) is 9.69 Å². The smallest absolute Gasteiger partial charge is 0.256 e. The van der Waals surface area contributed by atoms with Crippen molar-refractivity contribution in [3.8, 4) is 0 Å². The number of nitrogens with zero attached hydrogens (tertiary/aromatic N) is 3. The number of pyridine rings is 2. The quantitative estimate of drug-likeness (QED) is 0.427. The van der Waals surface area contributed by atoms with Crippen LogP contribution in [0.25, 0.3) is 21.7 Å². The molecule has 0 spiro atoms. The van der Waals surface area contributed by atoms with Crippen molar-refractivity contribution in [3.63, 3.8) is 0 Å². The fraction of sp³-hybridized carbons (Fsp3) is 0.217. The van der Waals surface area contributed by atoms with Crippen molar-refractivity contribution in [2.75, 3.05) is 31.1 Å². The zero-order valence-corrected chi connectivity index (χ0v) is 19.1. The van der Waals surface area contributed by atoms with Gasteiger partial charge in [-0.2, -0.15) is 0 Å². The highest BCUT2D eigenvalue weighted by Crippen LogP contribution is 2.23. The lowest BCUT2D eigenvalue weighted by atomic mass is 10.0. The van der Waals surface area contributed by atoms with Crippen LogP contribution < -0.4 is 10.5 Å². The van der Waals surface area contributed by atoms with E-state index in [2.05, 4.69) is 38.0 Å². The number of anilines is 1. The van der Waals surface area contributed by atoms with Crippen LogP contribution in [-0.4, -0.2) is 41.0 Å². The van der Waals surface area contributed by atoms with Gasteiger partial charge in [0.1, 0.15) is 5.82 Å². The Morgan fingerprint density at radius 2 is 1.65 bits per heavy atom. The molecule has 1 fully saturated rings. The van der Waals surface area contributed by atoms with E-state index in [1.807, 2.05) is 30.3 Å².